The van der Waals surface area contributed by atoms with E-state index in [1.807, 2.05) is 26.8 Å². The SMILES string of the molecule is C=CC1=NC(C)(C)C=C(C)O1. The van der Waals surface area contributed by atoms with E-state index in [9.17, 15) is 0 Å². The molecule has 0 radical (unpaired) electrons. The number of aliphatic imine (C=N–C) groups is 1. The molecule has 0 amide bonds. The van der Waals surface area contributed by atoms with Crippen LogP contribution in [0, 0.1) is 0 Å². The van der Waals surface area contributed by atoms with E-state index in [0.717, 1.165) is 5.76 Å². The summed E-state index contributed by atoms with van der Waals surface area (Å²) in [5.41, 5.74) is -0.147. The summed E-state index contributed by atoms with van der Waals surface area (Å²) in [7, 11) is 0. The van der Waals surface area contributed by atoms with Gasteiger partial charge in [0.2, 0.25) is 5.90 Å². The molecule has 0 spiro atoms. The molecule has 0 saturated heterocycles. The Kier molecular flexibility index (Phi) is 1.85. The van der Waals surface area contributed by atoms with Gasteiger partial charge in [-0.05, 0) is 32.9 Å². The van der Waals surface area contributed by atoms with Gasteiger partial charge in [0, 0.05) is 0 Å². The van der Waals surface area contributed by atoms with Gasteiger partial charge in [-0.15, -0.1) is 0 Å². The quantitative estimate of drug-likeness (QED) is 0.563. The van der Waals surface area contributed by atoms with Gasteiger partial charge in [-0.1, -0.05) is 6.58 Å². The molecule has 0 aromatic carbocycles. The van der Waals surface area contributed by atoms with Crippen LogP contribution in [-0.2, 0) is 4.74 Å². The first kappa shape index (κ1) is 8.05. The van der Waals surface area contributed by atoms with E-state index in [0.29, 0.717) is 5.90 Å². The molecule has 11 heavy (non-hydrogen) atoms. The molecule has 2 heteroatoms. The Balaban J connectivity index is 2.92. The third-order valence-corrected chi connectivity index (χ3v) is 1.40. The van der Waals surface area contributed by atoms with Crippen LogP contribution in [0.5, 0.6) is 0 Å². The van der Waals surface area contributed by atoms with Crippen LogP contribution in [0.1, 0.15) is 20.8 Å². The maximum absolute atomic E-state index is 5.26. The third-order valence-electron chi connectivity index (χ3n) is 1.40. The Hall–Kier alpha value is -1.05. The number of hydrogen-bond acceptors (Lipinski definition) is 2. The van der Waals surface area contributed by atoms with Crippen LogP contribution in [-0.4, -0.2) is 11.4 Å². The van der Waals surface area contributed by atoms with Crippen LogP contribution in [0.3, 0.4) is 0 Å². The fraction of sp³-hybridized carbons (Fsp3) is 0.444. The average molecular weight is 151 g/mol. The van der Waals surface area contributed by atoms with Crippen molar-refractivity contribution in [2.24, 2.45) is 4.99 Å². The van der Waals surface area contributed by atoms with E-state index in [4.69, 9.17) is 4.74 Å². The van der Waals surface area contributed by atoms with Crippen molar-refractivity contribution in [1.29, 1.82) is 0 Å². The third kappa shape index (κ3) is 1.93. The molecule has 1 aliphatic heterocycles. The largest absolute Gasteiger partial charge is 0.444 e. The monoisotopic (exact) mass is 151 g/mol. The molecule has 1 rings (SSSR count). The number of hydrogen-bond donors (Lipinski definition) is 0. The first-order valence-corrected chi connectivity index (χ1v) is 3.63. The highest BCUT2D eigenvalue weighted by Crippen LogP contribution is 2.20. The molecule has 0 unspecified atom stereocenters. The summed E-state index contributed by atoms with van der Waals surface area (Å²) in [5, 5.41) is 0. The van der Waals surface area contributed by atoms with Crippen LogP contribution in [0.4, 0.5) is 0 Å². The first-order chi connectivity index (χ1) is 5.03. The van der Waals surface area contributed by atoms with Crippen molar-refractivity contribution < 1.29 is 4.74 Å². The zero-order valence-electron chi connectivity index (χ0n) is 7.22. The molecule has 0 fully saturated rings. The lowest BCUT2D eigenvalue weighted by molar-refractivity contribution is 0.383. The number of ether oxygens (including phenoxy) is 1. The maximum Gasteiger partial charge on any atom is 0.214 e. The zero-order chi connectivity index (χ0) is 8.48. The summed E-state index contributed by atoms with van der Waals surface area (Å²) in [4.78, 5) is 4.28. The second kappa shape index (κ2) is 2.53. The Morgan fingerprint density at radius 1 is 1.64 bits per heavy atom. The van der Waals surface area contributed by atoms with Crippen LogP contribution in [0.15, 0.2) is 29.5 Å². The van der Waals surface area contributed by atoms with E-state index in [2.05, 4.69) is 11.6 Å². The van der Waals surface area contributed by atoms with Crippen LogP contribution < -0.4 is 0 Å². The van der Waals surface area contributed by atoms with E-state index in [1.165, 1.54) is 0 Å². The average Bonchev–Trinajstić information content (AvgIpc) is 1.83. The van der Waals surface area contributed by atoms with Crippen molar-refractivity contribution in [3.8, 4) is 0 Å². The fourth-order valence-electron chi connectivity index (χ4n) is 1.12. The highest BCUT2D eigenvalue weighted by molar-refractivity contribution is 5.88. The number of allylic oxidation sites excluding steroid dienone is 1. The lowest BCUT2D eigenvalue weighted by atomic mass is 10.1. The smallest absolute Gasteiger partial charge is 0.214 e. The van der Waals surface area contributed by atoms with E-state index in [-0.39, 0.29) is 5.54 Å². The summed E-state index contributed by atoms with van der Waals surface area (Å²) in [6, 6.07) is 0. The minimum Gasteiger partial charge on any atom is -0.444 e. The molecular weight excluding hydrogens is 138 g/mol. The fourth-order valence-corrected chi connectivity index (χ4v) is 1.12. The maximum atomic E-state index is 5.26. The molecule has 0 atom stereocenters. The van der Waals surface area contributed by atoms with Gasteiger partial charge >= 0.3 is 0 Å². The molecule has 0 aromatic heterocycles. The summed E-state index contributed by atoms with van der Waals surface area (Å²) >= 11 is 0. The number of rotatable bonds is 1. The van der Waals surface area contributed by atoms with Crippen LogP contribution in [0.25, 0.3) is 0 Å². The van der Waals surface area contributed by atoms with Gasteiger partial charge < -0.3 is 4.74 Å². The van der Waals surface area contributed by atoms with E-state index >= 15 is 0 Å². The summed E-state index contributed by atoms with van der Waals surface area (Å²) < 4.78 is 5.26. The van der Waals surface area contributed by atoms with Crippen molar-refractivity contribution in [3.63, 3.8) is 0 Å². The van der Waals surface area contributed by atoms with E-state index < -0.39 is 0 Å². The highest BCUT2D eigenvalue weighted by atomic mass is 16.5. The lowest BCUT2D eigenvalue weighted by Gasteiger charge is -2.22. The van der Waals surface area contributed by atoms with Gasteiger partial charge in [-0.3, -0.25) is 0 Å². The van der Waals surface area contributed by atoms with Gasteiger partial charge in [-0.25, -0.2) is 4.99 Å². The van der Waals surface area contributed by atoms with Crippen molar-refractivity contribution in [3.05, 3.63) is 24.5 Å². The van der Waals surface area contributed by atoms with Gasteiger partial charge in [0.05, 0.1) is 5.54 Å². The minimum atomic E-state index is -0.147. The highest BCUT2D eigenvalue weighted by Gasteiger charge is 2.19. The van der Waals surface area contributed by atoms with Crippen LogP contribution in [0.2, 0.25) is 0 Å². The molecule has 2 nitrogen and oxygen atoms in total. The molecule has 0 aromatic rings. The van der Waals surface area contributed by atoms with Gasteiger partial charge in [-0.2, -0.15) is 0 Å². The van der Waals surface area contributed by atoms with Crippen molar-refractivity contribution >= 4 is 5.90 Å². The minimum absolute atomic E-state index is 0.147. The predicted molar refractivity (Wildman–Crippen MR) is 46.6 cm³/mol. The van der Waals surface area contributed by atoms with Gasteiger partial charge in [0.15, 0.2) is 0 Å². The Bertz CT molecular complexity index is 236. The molecule has 0 saturated carbocycles. The van der Waals surface area contributed by atoms with Gasteiger partial charge in [0.25, 0.3) is 0 Å². The second-order valence-corrected chi connectivity index (χ2v) is 3.16. The predicted octanol–water partition coefficient (Wildman–Crippen LogP) is 2.28. The molecule has 1 heterocycles. The molecule has 1 aliphatic rings. The Morgan fingerprint density at radius 3 is 2.73 bits per heavy atom. The summed E-state index contributed by atoms with van der Waals surface area (Å²) in [5.74, 6) is 1.50. The molecule has 0 N–H and O–H groups in total. The molecule has 0 aliphatic carbocycles. The zero-order valence-corrected chi connectivity index (χ0v) is 7.22. The molecule has 60 valence electrons. The second-order valence-electron chi connectivity index (χ2n) is 3.16. The summed E-state index contributed by atoms with van der Waals surface area (Å²) in [6.45, 7) is 9.58. The molecular formula is C9H13NO. The van der Waals surface area contributed by atoms with Gasteiger partial charge in [0.1, 0.15) is 5.76 Å². The van der Waals surface area contributed by atoms with Crippen molar-refractivity contribution in [1.82, 2.24) is 0 Å². The van der Waals surface area contributed by atoms with Crippen LogP contribution >= 0.6 is 0 Å². The number of nitrogens with zero attached hydrogens (tertiary/aromatic N) is 1. The Labute approximate surface area is 67.3 Å². The van der Waals surface area contributed by atoms with E-state index in [1.54, 1.807) is 6.08 Å². The Morgan fingerprint density at radius 2 is 2.27 bits per heavy atom. The normalized spacial score (nSPS) is 21.4. The molecule has 0 bridgehead atoms. The topological polar surface area (TPSA) is 21.6 Å². The summed E-state index contributed by atoms with van der Waals surface area (Å²) in [6.07, 6.45) is 3.61. The van der Waals surface area contributed by atoms with Crippen molar-refractivity contribution in [2.75, 3.05) is 0 Å². The lowest BCUT2D eigenvalue weighted by Crippen LogP contribution is -2.22. The standard InChI is InChI=1S/C9H13NO/c1-5-8-10-9(3,4)6-7(2)11-8/h5-6H,1H2,2-4H3. The van der Waals surface area contributed by atoms with Crippen molar-refractivity contribution in [2.45, 2.75) is 26.3 Å². The first-order valence-electron chi connectivity index (χ1n) is 3.63.